The van der Waals surface area contributed by atoms with Crippen molar-refractivity contribution in [3.05, 3.63) is 33.5 Å². The van der Waals surface area contributed by atoms with E-state index in [4.69, 9.17) is 11.6 Å². The predicted octanol–water partition coefficient (Wildman–Crippen LogP) is 3.99. The van der Waals surface area contributed by atoms with Crippen molar-refractivity contribution >= 4 is 32.8 Å². The molecule has 1 nitrogen and oxygen atoms in total. The zero-order valence-electron chi connectivity index (χ0n) is 6.83. The Morgan fingerprint density at radius 2 is 1.87 bits per heavy atom. The maximum atomic E-state index is 12.9. The van der Waals surface area contributed by atoms with Gasteiger partial charge in [0, 0.05) is 10.0 Å². The quantitative estimate of drug-likeness (QED) is 0.566. The van der Waals surface area contributed by atoms with E-state index in [2.05, 4.69) is 15.9 Å². The number of carbonyl (C=O) groups is 1. The maximum absolute atomic E-state index is 12.9. The second-order valence-electron chi connectivity index (χ2n) is 2.58. The molecule has 0 amide bonds. The van der Waals surface area contributed by atoms with Crippen molar-refractivity contribution in [2.45, 2.75) is 6.18 Å². The molecular weight excluding hydrogens is 303 g/mol. The van der Waals surface area contributed by atoms with Gasteiger partial charge in [0.25, 0.3) is 5.24 Å². The Hall–Kier alpha value is -0.620. The van der Waals surface area contributed by atoms with Gasteiger partial charge >= 0.3 is 6.18 Å². The summed E-state index contributed by atoms with van der Waals surface area (Å²) in [6.45, 7) is 0. The highest BCUT2D eigenvalue weighted by Gasteiger charge is 2.35. The van der Waals surface area contributed by atoms with Gasteiger partial charge in [-0.25, -0.2) is 4.39 Å². The summed E-state index contributed by atoms with van der Waals surface area (Å²) in [6, 6.07) is 0.924. The normalized spacial score (nSPS) is 11.6. The molecule has 82 valence electrons. The van der Waals surface area contributed by atoms with Gasteiger partial charge in [-0.3, -0.25) is 4.79 Å². The van der Waals surface area contributed by atoms with Crippen molar-refractivity contribution in [1.82, 2.24) is 0 Å². The summed E-state index contributed by atoms with van der Waals surface area (Å²) in [4.78, 5) is 10.7. The van der Waals surface area contributed by atoms with E-state index in [1.165, 1.54) is 0 Å². The highest BCUT2D eigenvalue weighted by molar-refractivity contribution is 9.10. The Balaban J connectivity index is 3.43. The summed E-state index contributed by atoms with van der Waals surface area (Å²) >= 11 is 7.76. The van der Waals surface area contributed by atoms with Gasteiger partial charge in [0.2, 0.25) is 0 Å². The predicted molar refractivity (Wildman–Crippen MR) is 49.3 cm³/mol. The molecule has 0 bridgehead atoms. The summed E-state index contributed by atoms with van der Waals surface area (Å²) < 4.78 is 49.4. The molecule has 0 aliphatic rings. The largest absolute Gasteiger partial charge is 0.419 e. The Labute approximate surface area is 95.2 Å². The molecule has 1 aromatic rings. The Morgan fingerprint density at radius 1 is 1.33 bits per heavy atom. The zero-order chi connectivity index (χ0) is 11.8. The van der Waals surface area contributed by atoms with Crippen LogP contribution in [0.3, 0.4) is 0 Å². The monoisotopic (exact) mass is 304 g/mol. The van der Waals surface area contributed by atoms with Crippen molar-refractivity contribution in [3.63, 3.8) is 0 Å². The summed E-state index contributed by atoms with van der Waals surface area (Å²) in [5.41, 5.74) is -1.94. The van der Waals surface area contributed by atoms with Crippen LogP contribution >= 0.6 is 27.5 Å². The number of hydrogen-bond acceptors (Lipinski definition) is 1. The minimum atomic E-state index is -4.86. The standard InChI is InChI=1S/C8H2BrClF4O/c9-5-2-6(11)4(8(12,13)14)1-3(5)7(10)15/h1-2H. The van der Waals surface area contributed by atoms with Gasteiger partial charge in [-0.1, -0.05) is 0 Å². The molecule has 15 heavy (non-hydrogen) atoms. The van der Waals surface area contributed by atoms with Gasteiger partial charge in [-0.15, -0.1) is 0 Å². The molecule has 0 aromatic heterocycles. The van der Waals surface area contributed by atoms with E-state index >= 15 is 0 Å². The van der Waals surface area contributed by atoms with E-state index < -0.39 is 28.4 Å². The van der Waals surface area contributed by atoms with Gasteiger partial charge in [-0.2, -0.15) is 13.2 Å². The van der Waals surface area contributed by atoms with Crippen LogP contribution in [0.15, 0.2) is 16.6 Å². The SMILES string of the molecule is O=C(Cl)c1cc(C(F)(F)F)c(F)cc1Br. The number of rotatable bonds is 1. The van der Waals surface area contributed by atoms with Gasteiger partial charge < -0.3 is 0 Å². The maximum Gasteiger partial charge on any atom is 0.419 e. The fourth-order valence-electron chi connectivity index (χ4n) is 0.917. The molecule has 0 radical (unpaired) electrons. The van der Waals surface area contributed by atoms with Gasteiger partial charge in [0.15, 0.2) is 0 Å². The molecular formula is C8H2BrClF4O. The number of carbonyl (C=O) groups excluding carboxylic acids is 1. The van der Waals surface area contributed by atoms with Crippen LogP contribution in [0.2, 0.25) is 0 Å². The Morgan fingerprint density at radius 3 is 2.27 bits per heavy atom. The number of halogens is 6. The lowest BCUT2D eigenvalue weighted by Crippen LogP contribution is -2.10. The lowest BCUT2D eigenvalue weighted by atomic mass is 10.1. The fraction of sp³-hybridized carbons (Fsp3) is 0.125. The van der Waals surface area contributed by atoms with Gasteiger partial charge in [-0.05, 0) is 39.7 Å². The smallest absolute Gasteiger partial charge is 0.276 e. The highest BCUT2D eigenvalue weighted by Crippen LogP contribution is 2.34. The molecule has 0 heterocycles. The number of alkyl halides is 3. The molecule has 0 aliphatic heterocycles. The average molecular weight is 305 g/mol. The van der Waals surface area contributed by atoms with Crippen molar-refractivity contribution in [3.8, 4) is 0 Å². The van der Waals surface area contributed by atoms with E-state index in [1.807, 2.05) is 0 Å². The number of benzene rings is 1. The molecule has 0 atom stereocenters. The lowest BCUT2D eigenvalue weighted by molar-refractivity contribution is -0.140. The minimum absolute atomic E-state index is 0.118. The zero-order valence-corrected chi connectivity index (χ0v) is 9.17. The lowest BCUT2D eigenvalue weighted by Gasteiger charge is -2.09. The second kappa shape index (κ2) is 4.09. The van der Waals surface area contributed by atoms with Crippen LogP contribution in [0, 0.1) is 5.82 Å². The topological polar surface area (TPSA) is 17.1 Å². The minimum Gasteiger partial charge on any atom is -0.276 e. The Bertz CT molecular complexity index is 416. The first-order chi connectivity index (χ1) is 6.73. The van der Waals surface area contributed by atoms with Crippen LogP contribution in [0.25, 0.3) is 0 Å². The Kier molecular flexibility index (Phi) is 3.40. The van der Waals surface area contributed by atoms with Crippen LogP contribution in [-0.2, 0) is 6.18 Å². The molecule has 0 unspecified atom stereocenters. The molecule has 0 fully saturated rings. The van der Waals surface area contributed by atoms with Crippen molar-refractivity contribution in [1.29, 1.82) is 0 Å². The van der Waals surface area contributed by atoms with E-state index in [1.54, 1.807) is 0 Å². The molecule has 0 saturated heterocycles. The summed E-state index contributed by atoms with van der Waals surface area (Å²) in [5, 5.41) is -1.09. The second-order valence-corrected chi connectivity index (χ2v) is 3.78. The van der Waals surface area contributed by atoms with Crippen molar-refractivity contribution in [2.24, 2.45) is 0 Å². The van der Waals surface area contributed by atoms with Crippen LogP contribution in [0.4, 0.5) is 17.6 Å². The number of hydrogen-bond donors (Lipinski definition) is 0. The van der Waals surface area contributed by atoms with Gasteiger partial charge in [0.05, 0.1) is 5.56 Å². The van der Waals surface area contributed by atoms with Crippen LogP contribution in [-0.4, -0.2) is 5.24 Å². The van der Waals surface area contributed by atoms with Crippen molar-refractivity contribution in [2.75, 3.05) is 0 Å². The summed E-state index contributed by atoms with van der Waals surface area (Å²) in [6.07, 6.45) is -4.86. The van der Waals surface area contributed by atoms with Gasteiger partial charge in [0.1, 0.15) is 5.82 Å². The molecule has 0 N–H and O–H groups in total. The van der Waals surface area contributed by atoms with Crippen LogP contribution < -0.4 is 0 Å². The average Bonchev–Trinajstić information content (AvgIpc) is 2.00. The molecule has 1 rings (SSSR count). The van der Waals surface area contributed by atoms with E-state index in [9.17, 15) is 22.4 Å². The summed E-state index contributed by atoms with van der Waals surface area (Å²) in [5.74, 6) is -1.46. The van der Waals surface area contributed by atoms with Crippen molar-refractivity contribution < 1.29 is 22.4 Å². The fourth-order valence-corrected chi connectivity index (χ4v) is 1.68. The summed E-state index contributed by atoms with van der Waals surface area (Å²) in [7, 11) is 0. The third kappa shape index (κ3) is 2.69. The van der Waals surface area contributed by atoms with Crippen LogP contribution in [0.1, 0.15) is 15.9 Å². The first-order valence-corrected chi connectivity index (χ1v) is 4.66. The van der Waals surface area contributed by atoms with E-state index in [0.717, 1.165) is 0 Å². The molecule has 7 heteroatoms. The molecule has 0 aliphatic carbocycles. The first kappa shape index (κ1) is 12.4. The van der Waals surface area contributed by atoms with E-state index in [0.29, 0.717) is 12.1 Å². The van der Waals surface area contributed by atoms with E-state index in [-0.39, 0.29) is 4.47 Å². The first-order valence-electron chi connectivity index (χ1n) is 3.49. The third-order valence-electron chi connectivity index (χ3n) is 1.57. The van der Waals surface area contributed by atoms with Crippen LogP contribution in [0.5, 0.6) is 0 Å². The molecule has 1 aromatic carbocycles. The highest BCUT2D eigenvalue weighted by atomic mass is 79.9. The molecule has 0 spiro atoms. The molecule has 0 saturated carbocycles. The third-order valence-corrected chi connectivity index (χ3v) is 2.43.